The molecule has 0 aromatic carbocycles. The van der Waals surface area contributed by atoms with E-state index in [0.29, 0.717) is 0 Å². The van der Waals surface area contributed by atoms with Gasteiger partial charge in [0.15, 0.2) is 0 Å². The first kappa shape index (κ1) is 10.4. The maximum absolute atomic E-state index is 5.64. The zero-order valence-electron chi connectivity index (χ0n) is 4.13. The van der Waals surface area contributed by atoms with Crippen LogP contribution in [-0.4, -0.2) is 20.0 Å². The summed E-state index contributed by atoms with van der Waals surface area (Å²) in [5, 5.41) is 0. The molecule has 0 amide bonds. The van der Waals surface area contributed by atoms with Gasteiger partial charge in [-0.2, -0.15) is 0 Å². The molecule has 0 atom stereocenters. The third-order valence-electron chi connectivity index (χ3n) is 0. The van der Waals surface area contributed by atoms with Crippen molar-refractivity contribution in [3.63, 3.8) is 0 Å². The quantitative estimate of drug-likeness (QED) is 0.432. The van der Waals surface area contributed by atoms with Crippen molar-refractivity contribution in [3.8, 4) is 0 Å². The molecule has 0 nitrogen and oxygen atoms in total. The second-order valence-electron chi connectivity index (χ2n) is 1.85. The summed E-state index contributed by atoms with van der Waals surface area (Å²) in [6.07, 6.45) is 0. The van der Waals surface area contributed by atoms with Crippen LogP contribution in [0, 0.1) is 0 Å². The van der Waals surface area contributed by atoms with Crippen LogP contribution in [0.1, 0.15) is 0 Å². The first-order valence-electron chi connectivity index (χ1n) is 1.51. The first-order chi connectivity index (χ1) is 2.00. The maximum atomic E-state index is 5.64. The first-order valence-corrected chi connectivity index (χ1v) is 5.55. The van der Waals surface area contributed by atoms with E-state index in [1.807, 2.05) is 0 Å². The molecule has 0 rings (SSSR count). The summed E-state index contributed by atoms with van der Waals surface area (Å²) in [7, 11) is 0. The van der Waals surface area contributed by atoms with E-state index >= 15 is 0 Å². The summed E-state index contributed by atoms with van der Waals surface area (Å²) in [6.45, 7) is 5.28. The van der Waals surface area contributed by atoms with Gasteiger partial charge in [-0.3, -0.25) is 0 Å². The molecule has 0 aromatic heterocycles. The minimum atomic E-state index is -0.917. The van der Waals surface area contributed by atoms with Crippen molar-refractivity contribution < 1.29 is 22.4 Å². The number of halogens is 1. The van der Waals surface area contributed by atoms with Crippen LogP contribution in [0.5, 0.6) is 0 Å². The van der Waals surface area contributed by atoms with Crippen molar-refractivity contribution in [3.05, 3.63) is 0 Å². The van der Waals surface area contributed by atoms with Crippen LogP contribution in [0.25, 0.3) is 0 Å². The van der Waals surface area contributed by atoms with E-state index < -0.39 is 6.62 Å². The summed E-state index contributed by atoms with van der Waals surface area (Å²) in [5.41, 5.74) is 0. The Bertz CT molecular complexity index is 26.3. The number of hydrogen-bond donors (Lipinski definition) is 0. The summed E-state index contributed by atoms with van der Waals surface area (Å²) in [4.78, 5) is 0. The standard InChI is InChI=1S/C3H9ClP.Ag/c1-5(2,3)4;/h1-3H3;/q+1;. The van der Waals surface area contributed by atoms with Crippen molar-refractivity contribution >= 4 is 17.9 Å². The molecule has 0 aromatic rings. The molecule has 0 fully saturated rings. The molecule has 0 heterocycles. The second-order valence-corrected chi connectivity index (χ2v) is 8.59. The Morgan fingerprint density at radius 2 is 1.17 bits per heavy atom. The van der Waals surface area contributed by atoms with Crippen molar-refractivity contribution in [2.45, 2.75) is 0 Å². The average Bonchev–Trinajstić information content (AvgIpc) is 0.722. The van der Waals surface area contributed by atoms with Crippen LogP contribution in [0.3, 0.4) is 0 Å². The molecule has 3 heteroatoms. The fraction of sp³-hybridized carbons (Fsp3) is 1.00. The molecule has 6 heavy (non-hydrogen) atoms. The van der Waals surface area contributed by atoms with Crippen molar-refractivity contribution in [1.82, 2.24) is 0 Å². The van der Waals surface area contributed by atoms with Crippen LogP contribution in [0.2, 0.25) is 0 Å². The summed E-state index contributed by atoms with van der Waals surface area (Å²) >= 11 is 5.64. The van der Waals surface area contributed by atoms with Gasteiger partial charge in [0.1, 0.15) is 6.62 Å². The van der Waals surface area contributed by atoms with Crippen LogP contribution >= 0.6 is 17.9 Å². The topological polar surface area (TPSA) is 0 Å². The Kier molecular flexibility index (Phi) is 6.02. The van der Waals surface area contributed by atoms with Gasteiger partial charge in [0, 0.05) is 22.4 Å². The van der Waals surface area contributed by atoms with Gasteiger partial charge in [-0.15, -0.1) is 0 Å². The molecule has 0 aliphatic rings. The molecular formula is C3H9AgClP+. The van der Waals surface area contributed by atoms with Crippen LogP contribution in [0.15, 0.2) is 0 Å². The third-order valence-corrected chi connectivity index (χ3v) is 0. The van der Waals surface area contributed by atoms with Crippen molar-refractivity contribution in [1.29, 1.82) is 0 Å². The number of rotatable bonds is 0. The molecule has 0 N–H and O–H groups in total. The van der Waals surface area contributed by atoms with Crippen LogP contribution in [0.4, 0.5) is 0 Å². The molecule has 0 spiro atoms. The van der Waals surface area contributed by atoms with E-state index in [1.54, 1.807) is 0 Å². The monoisotopic (exact) mass is 218 g/mol. The fourth-order valence-electron chi connectivity index (χ4n) is 0. The summed E-state index contributed by atoms with van der Waals surface area (Å²) in [5.74, 6) is 0. The predicted molar refractivity (Wildman–Crippen MR) is 30.5 cm³/mol. The zero-order valence-corrected chi connectivity index (χ0v) is 7.26. The van der Waals surface area contributed by atoms with Gasteiger partial charge < -0.3 is 0 Å². The molecule has 0 saturated heterocycles. The Labute approximate surface area is 60.3 Å². The predicted octanol–water partition coefficient (Wildman–Crippen LogP) is 2.04. The molecule has 0 saturated carbocycles. The molecule has 43 valence electrons. The normalized spacial score (nSPS) is 10.0. The minimum absolute atomic E-state index is 0. The Morgan fingerprint density at radius 1 is 1.17 bits per heavy atom. The Morgan fingerprint density at radius 3 is 1.17 bits per heavy atom. The van der Waals surface area contributed by atoms with Gasteiger partial charge in [-0.05, 0) is 0 Å². The van der Waals surface area contributed by atoms with Gasteiger partial charge in [0.2, 0.25) is 0 Å². The largest absolute Gasteiger partial charge is 0.104 e. The van der Waals surface area contributed by atoms with Gasteiger partial charge in [0.25, 0.3) is 0 Å². The van der Waals surface area contributed by atoms with Gasteiger partial charge in [0.05, 0.1) is 31.2 Å². The number of hydrogen-bond acceptors (Lipinski definition) is 0. The third kappa shape index (κ3) is 50.9. The Balaban J connectivity index is 0. The molecular weight excluding hydrogens is 210 g/mol. The second kappa shape index (κ2) is 3.46. The molecule has 0 unspecified atom stereocenters. The van der Waals surface area contributed by atoms with E-state index in [-0.39, 0.29) is 22.4 Å². The van der Waals surface area contributed by atoms with Crippen molar-refractivity contribution in [2.24, 2.45) is 0 Å². The summed E-state index contributed by atoms with van der Waals surface area (Å²) < 4.78 is 0. The van der Waals surface area contributed by atoms with Gasteiger partial charge >= 0.3 is 0 Å². The van der Waals surface area contributed by atoms with Crippen LogP contribution < -0.4 is 0 Å². The van der Waals surface area contributed by atoms with E-state index in [4.69, 9.17) is 11.2 Å². The summed E-state index contributed by atoms with van der Waals surface area (Å²) in [6, 6.07) is 0. The minimum Gasteiger partial charge on any atom is 0 e. The van der Waals surface area contributed by atoms with Crippen molar-refractivity contribution in [2.75, 3.05) is 20.0 Å². The maximum Gasteiger partial charge on any atom is 0.104 e. The Hall–Kier alpha value is 1.46. The van der Waals surface area contributed by atoms with E-state index in [1.165, 1.54) is 0 Å². The smallest absolute Gasteiger partial charge is 0 e. The average molecular weight is 219 g/mol. The van der Waals surface area contributed by atoms with Gasteiger partial charge in [-0.25, -0.2) is 0 Å². The van der Waals surface area contributed by atoms with E-state index in [0.717, 1.165) is 0 Å². The molecule has 0 bridgehead atoms. The van der Waals surface area contributed by atoms with E-state index in [9.17, 15) is 0 Å². The van der Waals surface area contributed by atoms with Crippen LogP contribution in [-0.2, 0) is 22.4 Å². The molecule has 1 radical (unpaired) electrons. The SMILES string of the molecule is C[P+](C)(C)Cl.[Ag]. The fourth-order valence-corrected chi connectivity index (χ4v) is 0. The zero-order chi connectivity index (χ0) is 4.50. The molecule has 0 aliphatic heterocycles. The van der Waals surface area contributed by atoms with Gasteiger partial charge in [-0.1, -0.05) is 0 Å². The van der Waals surface area contributed by atoms with E-state index in [2.05, 4.69) is 20.0 Å². The molecule has 0 aliphatic carbocycles.